The fourth-order valence-corrected chi connectivity index (χ4v) is 1.52. The maximum Gasteiger partial charge on any atom is 0.122 e. The molecule has 0 aliphatic heterocycles. The van der Waals surface area contributed by atoms with Crippen LogP contribution in [-0.4, -0.2) is 18.5 Å². The molecule has 0 bridgehead atoms. The summed E-state index contributed by atoms with van der Waals surface area (Å²) in [6, 6.07) is 3.45. The van der Waals surface area contributed by atoms with Crippen molar-refractivity contribution in [3.8, 4) is 11.5 Å². The monoisotopic (exact) mass is 208 g/mol. The second-order valence-electron chi connectivity index (χ2n) is 3.68. The normalized spacial score (nSPS) is 12.2. The van der Waals surface area contributed by atoms with Gasteiger partial charge in [0.1, 0.15) is 17.8 Å². The van der Waals surface area contributed by atoms with Gasteiger partial charge in [0.25, 0.3) is 0 Å². The van der Waals surface area contributed by atoms with Crippen molar-refractivity contribution in [2.75, 3.05) is 7.11 Å². The highest BCUT2D eigenvalue weighted by atomic mass is 16.5. The van der Waals surface area contributed by atoms with Crippen LogP contribution in [0.25, 0.3) is 0 Å². The fourth-order valence-electron chi connectivity index (χ4n) is 1.52. The van der Waals surface area contributed by atoms with E-state index in [1.54, 1.807) is 19.2 Å². The molecule has 3 heteroatoms. The smallest absolute Gasteiger partial charge is 0.122 e. The number of carbonyl (C=O) groups excluding carboxylic acids is 1. The van der Waals surface area contributed by atoms with Gasteiger partial charge < -0.3 is 14.6 Å². The first-order chi connectivity index (χ1) is 7.10. The summed E-state index contributed by atoms with van der Waals surface area (Å²) in [5.41, 5.74) is 1.64. The molecule has 0 aliphatic rings. The van der Waals surface area contributed by atoms with E-state index in [0.29, 0.717) is 6.42 Å². The van der Waals surface area contributed by atoms with Crippen molar-refractivity contribution < 1.29 is 14.6 Å². The minimum atomic E-state index is 0.0592. The van der Waals surface area contributed by atoms with E-state index in [-0.39, 0.29) is 11.7 Å². The predicted octanol–water partition coefficient (Wildman–Crippen LogP) is 2.40. The zero-order valence-electron chi connectivity index (χ0n) is 9.28. The molecule has 0 saturated heterocycles. The zero-order valence-corrected chi connectivity index (χ0v) is 9.28. The van der Waals surface area contributed by atoms with Crippen molar-refractivity contribution in [1.29, 1.82) is 0 Å². The summed E-state index contributed by atoms with van der Waals surface area (Å²) in [6.07, 6.45) is 1.31. The molecule has 1 rings (SSSR count). The van der Waals surface area contributed by atoms with Crippen LogP contribution in [0.2, 0.25) is 0 Å². The summed E-state index contributed by atoms with van der Waals surface area (Å²) in [4.78, 5) is 10.4. The second kappa shape index (κ2) is 4.82. The Bertz CT molecular complexity index is 358. The molecular weight excluding hydrogens is 192 g/mol. The number of rotatable bonds is 4. The average Bonchev–Trinajstić information content (AvgIpc) is 2.21. The van der Waals surface area contributed by atoms with E-state index in [1.807, 2.05) is 13.8 Å². The number of phenols is 1. The number of benzene rings is 1. The number of methoxy groups -OCH3 is 1. The summed E-state index contributed by atoms with van der Waals surface area (Å²) in [6.45, 7) is 3.74. The van der Waals surface area contributed by atoms with E-state index < -0.39 is 0 Å². The average molecular weight is 208 g/mol. The molecule has 0 amide bonds. The van der Waals surface area contributed by atoms with Crippen LogP contribution in [0.15, 0.2) is 12.1 Å². The highest BCUT2D eigenvalue weighted by Crippen LogP contribution is 2.33. The van der Waals surface area contributed by atoms with Crippen LogP contribution in [0.4, 0.5) is 0 Å². The second-order valence-corrected chi connectivity index (χ2v) is 3.68. The first kappa shape index (κ1) is 11.6. The third-order valence-corrected chi connectivity index (χ3v) is 2.53. The van der Waals surface area contributed by atoms with Crippen LogP contribution >= 0.6 is 0 Å². The highest BCUT2D eigenvalue weighted by Gasteiger charge is 2.13. The van der Waals surface area contributed by atoms with Crippen molar-refractivity contribution in [2.24, 2.45) is 0 Å². The first-order valence-electron chi connectivity index (χ1n) is 4.91. The minimum absolute atomic E-state index is 0.0592. The zero-order chi connectivity index (χ0) is 11.4. The summed E-state index contributed by atoms with van der Waals surface area (Å²) in [5.74, 6) is 1.02. The van der Waals surface area contributed by atoms with E-state index in [1.165, 1.54) is 0 Å². The van der Waals surface area contributed by atoms with Gasteiger partial charge in [-0.15, -0.1) is 0 Å². The van der Waals surface area contributed by atoms with Crippen molar-refractivity contribution in [1.82, 2.24) is 0 Å². The molecule has 0 aromatic heterocycles. The summed E-state index contributed by atoms with van der Waals surface area (Å²) < 4.78 is 5.22. The van der Waals surface area contributed by atoms with Crippen molar-refractivity contribution in [3.05, 3.63) is 23.3 Å². The Morgan fingerprint density at radius 3 is 2.73 bits per heavy atom. The van der Waals surface area contributed by atoms with Gasteiger partial charge in [-0.25, -0.2) is 0 Å². The van der Waals surface area contributed by atoms with Gasteiger partial charge in [0.05, 0.1) is 7.11 Å². The van der Waals surface area contributed by atoms with Gasteiger partial charge in [0, 0.05) is 12.0 Å². The summed E-state index contributed by atoms with van der Waals surface area (Å²) >= 11 is 0. The Morgan fingerprint density at radius 2 is 2.20 bits per heavy atom. The van der Waals surface area contributed by atoms with Gasteiger partial charge in [-0.3, -0.25) is 0 Å². The largest absolute Gasteiger partial charge is 0.508 e. The van der Waals surface area contributed by atoms with Gasteiger partial charge in [-0.05, 0) is 30.5 Å². The number of hydrogen-bond donors (Lipinski definition) is 1. The molecule has 0 saturated carbocycles. The molecule has 15 heavy (non-hydrogen) atoms. The number of hydrogen-bond acceptors (Lipinski definition) is 3. The lowest BCUT2D eigenvalue weighted by atomic mass is 9.96. The number of aromatic hydroxyl groups is 1. The molecule has 1 aromatic rings. The maximum atomic E-state index is 10.4. The van der Waals surface area contributed by atoms with E-state index in [9.17, 15) is 9.90 Å². The molecule has 1 N–H and O–H groups in total. The molecule has 0 heterocycles. The van der Waals surface area contributed by atoms with Crippen molar-refractivity contribution in [3.63, 3.8) is 0 Å². The number of phenolic OH excluding ortho intramolecular Hbond substituents is 1. The molecule has 1 atom stereocenters. The van der Waals surface area contributed by atoms with Gasteiger partial charge in [-0.2, -0.15) is 0 Å². The molecule has 1 unspecified atom stereocenters. The SMILES string of the molecule is COc1cc(C)c(O)cc1C(C)CC=O. The van der Waals surface area contributed by atoms with E-state index in [4.69, 9.17) is 4.74 Å². The predicted molar refractivity (Wildman–Crippen MR) is 58.5 cm³/mol. The third-order valence-electron chi connectivity index (χ3n) is 2.53. The Balaban J connectivity index is 3.14. The number of aldehydes is 1. The lowest BCUT2D eigenvalue weighted by Gasteiger charge is -2.15. The van der Waals surface area contributed by atoms with E-state index in [0.717, 1.165) is 23.2 Å². The molecule has 3 nitrogen and oxygen atoms in total. The topological polar surface area (TPSA) is 46.5 Å². The van der Waals surface area contributed by atoms with Gasteiger partial charge >= 0.3 is 0 Å². The molecule has 1 aromatic carbocycles. The molecule has 0 radical (unpaired) electrons. The van der Waals surface area contributed by atoms with Crippen LogP contribution in [0, 0.1) is 6.92 Å². The maximum absolute atomic E-state index is 10.4. The third kappa shape index (κ3) is 2.49. The number of ether oxygens (including phenoxy) is 1. The summed E-state index contributed by atoms with van der Waals surface area (Å²) in [7, 11) is 1.59. The van der Waals surface area contributed by atoms with Crippen molar-refractivity contribution >= 4 is 6.29 Å². The standard InChI is InChI=1S/C12H16O3/c1-8(4-5-13)10-7-11(14)9(2)6-12(10)15-3/h5-8,14H,4H2,1-3H3. The number of aryl methyl sites for hydroxylation is 1. The highest BCUT2D eigenvalue weighted by molar-refractivity contribution is 5.54. The van der Waals surface area contributed by atoms with Crippen LogP contribution in [-0.2, 0) is 4.79 Å². The van der Waals surface area contributed by atoms with E-state index >= 15 is 0 Å². The Hall–Kier alpha value is -1.51. The van der Waals surface area contributed by atoms with E-state index in [2.05, 4.69) is 0 Å². The van der Waals surface area contributed by atoms with Crippen LogP contribution < -0.4 is 4.74 Å². The lowest BCUT2D eigenvalue weighted by Crippen LogP contribution is -1.99. The molecule has 82 valence electrons. The van der Waals surface area contributed by atoms with Crippen molar-refractivity contribution in [2.45, 2.75) is 26.2 Å². The lowest BCUT2D eigenvalue weighted by molar-refractivity contribution is -0.108. The quantitative estimate of drug-likeness (QED) is 0.773. The van der Waals surface area contributed by atoms with Gasteiger partial charge in [-0.1, -0.05) is 6.92 Å². The van der Waals surface area contributed by atoms with Gasteiger partial charge in [0.2, 0.25) is 0 Å². The van der Waals surface area contributed by atoms with Crippen LogP contribution in [0.3, 0.4) is 0 Å². The summed E-state index contributed by atoms with van der Waals surface area (Å²) in [5, 5.41) is 9.59. The Labute approximate surface area is 89.7 Å². The van der Waals surface area contributed by atoms with Gasteiger partial charge in [0.15, 0.2) is 0 Å². The van der Waals surface area contributed by atoms with Crippen LogP contribution in [0.5, 0.6) is 11.5 Å². The molecule has 0 aliphatic carbocycles. The first-order valence-corrected chi connectivity index (χ1v) is 4.91. The Morgan fingerprint density at radius 1 is 1.53 bits per heavy atom. The molecular formula is C12H16O3. The Kier molecular flexibility index (Phi) is 3.72. The molecule has 0 fully saturated rings. The minimum Gasteiger partial charge on any atom is -0.508 e. The fraction of sp³-hybridized carbons (Fsp3) is 0.417. The molecule has 0 spiro atoms. The van der Waals surface area contributed by atoms with Crippen LogP contribution in [0.1, 0.15) is 30.4 Å². The number of carbonyl (C=O) groups is 1.